The second-order valence-electron chi connectivity index (χ2n) is 5.30. The van der Waals surface area contributed by atoms with Gasteiger partial charge in [0.15, 0.2) is 12.0 Å². The summed E-state index contributed by atoms with van der Waals surface area (Å²) in [4.78, 5) is 15.7. The number of benzene rings is 2. The highest BCUT2D eigenvalue weighted by molar-refractivity contribution is 14.1. The molecular formula is C18H14FIN2O2. The van der Waals surface area contributed by atoms with Crippen LogP contribution in [0.15, 0.2) is 42.6 Å². The Morgan fingerprint density at radius 3 is 2.62 bits per heavy atom. The monoisotopic (exact) mass is 436 g/mol. The third kappa shape index (κ3) is 3.19. The third-order valence-electron chi connectivity index (χ3n) is 3.77. The summed E-state index contributed by atoms with van der Waals surface area (Å²) >= 11 is 2.02. The van der Waals surface area contributed by atoms with Gasteiger partial charge in [-0.15, -0.1) is 0 Å². The number of fused-ring (bicyclic) bond motifs is 1. The minimum atomic E-state index is -0.252. The molecule has 1 aromatic heterocycles. The van der Waals surface area contributed by atoms with Gasteiger partial charge in [-0.05, 0) is 41.8 Å². The minimum absolute atomic E-state index is 0.252. The first kappa shape index (κ1) is 16.6. The molecule has 0 saturated carbocycles. The standard InChI is InChI=1S/C18H14FIN2O2/c1-24-18-13(10-23)8-16(22-20)15-7-12(9-21-17(15)18)6-11-2-4-14(19)5-3-11/h2-5,7-10,22H,6H2,1H3. The molecule has 0 radical (unpaired) electrons. The van der Waals surface area contributed by atoms with Crippen LogP contribution in [-0.4, -0.2) is 18.4 Å². The van der Waals surface area contributed by atoms with Crippen molar-refractivity contribution in [2.75, 3.05) is 10.6 Å². The second kappa shape index (κ2) is 7.12. The largest absolute Gasteiger partial charge is 0.494 e. The first-order valence-electron chi connectivity index (χ1n) is 7.22. The Kier molecular flexibility index (Phi) is 4.94. The number of anilines is 1. The molecule has 24 heavy (non-hydrogen) atoms. The van der Waals surface area contributed by atoms with E-state index in [1.807, 2.05) is 28.9 Å². The number of pyridine rings is 1. The maximum absolute atomic E-state index is 13.0. The molecule has 0 unspecified atom stereocenters. The number of hydrogen-bond acceptors (Lipinski definition) is 4. The second-order valence-corrected chi connectivity index (χ2v) is 5.84. The molecule has 2 aromatic carbocycles. The topological polar surface area (TPSA) is 51.2 Å². The maximum atomic E-state index is 13.0. The van der Waals surface area contributed by atoms with Crippen LogP contribution in [0.2, 0.25) is 0 Å². The van der Waals surface area contributed by atoms with Crippen molar-refractivity contribution in [2.45, 2.75) is 6.42 Å². The predicted octanol–water partition coefficient (Wildman–Crippen LogP) is 4.55. The van der Waals surface area contributed by atoms with Crippen LogP contribution >= 0.6 is 22.9 Å². The van der Waals surface area contributed by atoms with Crippen LogP contribution in [0.1, 0.15) is 21.5 Å². The van der Waals surface area contributed by atoms with Crippen molar-refractivity contribution in [3.05, 3.63) is 65.1 Å². The number of carbonyl (C=O) groups excluding carboxylic acids is 1. The first-order chi connectivity index (χ1) is 11.7. The molecule has 0 aliphatic rings. The molecule has 122 valence electrons. The van der Waals surface area contributed by atoms with E-state index < -0.39 is 0 Å². The molecule has 0 amide bonds. The van der Waals surface area contributed by atoms with Gasteiger partial charge in [-0.2, -0.15) is 0 Å². The summed E-state index contributed by atoms with van der Waals surface area (Å²) in [6.45, 7) is 0. The van der Waals surface area contributed by atoms with Gasteiger partial charge >= 0.3 is 0 Å². The number of aldehydes is 1. The van der Waals surface area contributed by atoms with Crippen molar-refractivity contribution in [1.82, 2.24) is 4.98 Å². The van der Waals surface area contributed by atoms with Crippen LogP contribution < -0.4 is 8.27 Å². The number of methoxy groups -OCH3 is 1. The molecule has 0 saturated heterocycles. The van der Waals surface area contributed by atoms with Crippen molar-refractivity contribution < 1.29 is 13.9 Å². The molecule has 0 bridgehead atoms. The maximum Gasteiger partial charge on any atom is 0.155 e. The number of nitrogens with zero attached hydrogens (tertiary/aromatic N) is 1. The summed E-state index contributed by atoms with van der Waals surface area (Å²) < 4.78 is 21.4. The van der Waals surface area contributed by atoms with Crippen molar-refractivity contribution >= 4 is 45.7 Å². The lowest BCUT2D eigenvalue weighted by molar-refractivity contribution is 0.112. The fraction of sp³-hybridized carbons (Fsp3) is 0.111. The molecule has 0 fully saturated rings. The van der Waals surface area contributed by atoms with E-state index in [9.17, 15) is 9.18 Å². The van der Waals surface area contributed by atoms with Gasteiger partial charge in [0.2, 0.25) is 0 Å². The highest BCUT2D eigenvalue weighted by atomic mass is 127. The van der Waals surface area contributed by atoms with E-state index in [1.54, 1.807) is 24.4 Å². The summed E-state index contributed by atoms with van der Waals surface area (Å²) in [7, 11) is 1.52. The quantitative estimate of drug-likeness (QED) is 0.363. The van der Waals surface area contributed by atoms with Crippen molar-refractivity contribution in [2.24, 2.45) is 0 Å². The number of aromatic nitrogens is 1. The normalized spacial score (nSPS) is 10.6. The lowest BCUT2D eigenvalue weighted by Crippen LogP contribution is -1.98. The zero-order valence-corrected chi connectivity index (χ0v) is 15.0. The summed E-state index contributed by atoms with van der Waals surface area (Å²) in [5.41, 5.74) is 3.86. The molecule has 0 spiro atoms. The Balaban J connectivity index is 2.09. The molecule has 4 nitrogen and oxygen atoms in total. The van der Waals surface area contributed by atoms with Crippen LogP contribution in [0.4, 0.5) is 10.1 Å². The van der Waals surface area contributed by atoms with Gasteiger partial charge in [-0.25, -0.2) is 4.39 Å². The van der Waals surface area contributed by atoms with E-state index in [0.29, 0.717) is 23.3 Å². The Morgan fingerprint density at radius 1 is 1.25 bits per heavy atom. The Labute approximate surface area is 152 Å². The van der Waals surface area contributed by atoms with Crippen LogP contribution in [0, 0.1) is 5.82 Å². The van der Waals surface area contributed by atoms with E-state index in [4.69, 9.17) is 4.74 Å². The SMILES string of the molecule is COc1c(C=O)cc(NI)c2cc(Cc3ccc(F)cc3)cnc12. The molecule has 1 N–H and O–H groups in total. The first-order valence-corrected chi connectivity index (χ1v) is 8.30. The van der Waals surface area contributed by atoms with Crippen LogP contribution in [-0.2, 0) is 6.42 Å². The summed E-state index contributed by atoms with van der Waals surface area (Å²) in [6, 6.07) is 10.1. The van der Waals surface area contributed by atoms with E-state index in [-0.39, 0.29) is 5.82 Å². The molecule has 3 aromatic rings. The average Bonchev–Trinajstić information content (AvgIpc) is 2.62. The minimum Gasteiger partial charge on any atom is -0.494 e. The van der Waals surface area contributed by atoms with Gasteiger partial charge in [0, 0.05) is 11.6 Å². The number of ether oxygens (including phenoxy) is 1. The zero-order chi connectivity index (χ0) is 17.1. The van der Waals surface area contributed by atoms with Gasteiger partial charge in [-0.1, -0.05) is 12.1 Å². The van der Waals surface area contributed by atoms with Gasteiger partial charge in [0.25, 0.3) is 0 Å². The molecule has 3 rings (SSSR count). The molecule has 1 heterocycles. The van der Waals surface area contributed by atoms with Crippen molar-refractivity contribution in [3.8, 4) is 5.75 Å². The number of halogens is 2. The van der Waals surface area contributed by atoms with E-state index >= 15 is 0 Å². The average molecular weight is 436 g/mol. The molecule has 6 heteroatoms. The lowest BCUT2D eigenvalue weighted by atomic mass is 10.0. The van der Waals surface area contributed by atoms with Crippen LogP contribution in [0.3, 0.4) is 0 Å². The third-order valence-corrected chi connectivity index (χ3v) is 4.35. The fourth-order valence-electron chi connectivity index (χ4n) is 2.64. The van der Waals surface area contributed by atoms with E-state index in [0.717, 1.165) is 28.5 Å². The number of rotatable bonds is 5. The van der Waals surface area contributed by atoms with Gasteiger partial charge in [-0.3, -0.25) is 9.78 Å². The summed E-state index contributed by atoms with van der Waals surface area (Å²) in [6.07, 6.45) is 3.14. The molecule has 0 atom stereocenters. The fourth-order valence-corrected chi connectivity index (χ4v) is 3.09. The smallest absolute Gasteiger partial charge is 0.155 e. The highest BCUT2D eigenvalue weighted by Gasteiger charge is 2.14. The summed E-state index contributed by atoms with van der Waals surface area (Å²) in [5, 5.41) is 0.867. The van der Waals surface area contributed by atoms with Crippen molar-refractivity contribution in [1.29, 1.82) is 0 Å². The van der Waals surface area contributed by atoms with E-state index in [2.05, 4.69) is 8.51 Å². The molecule has 0 aliphatic heterocycles. The van der Waals surface area contributed by atoms with Crippen LogP contribution in [0.25, 0.3) is 10.9 Å². The van der Waals surface area contributed by atoms with Crippen molar-refractivity contribution in [3.63, 3.8) is 0 Å². The Morgan fingerprint density at radius 2 is 2.00 bits per heavy atom. The molecular weight excluding hydrogens is 422 g/mol. The number of carbonyl (C=O) groups is 1. The Hall–Kier alpha value is -2.22. The zero-order valence-electron chi connectivity index (χ0n) is 12.8. The van der Waals surface area contributed by atoms with Crippen LogP contribution in [0.5, 0.6) is 5.75 Å². The lowest BCUT2D eigenvalue weighted by Gasteiger charge is -2.12. The highest BCUT2D eigenvalue weighted by Crippen LogP contribution is 2.34. The molecule has 0 aliphatic carbocycles. The number of hydrogen-bond donors (Lipinski definition) is 1. The van der Waals surface area contributed by atoms with Gasteiger partial charge in [0.1, 0.15) is 11.3 Å². The van der Waals surface area contributed by atoms with E-state index in [1.165, 1.54) is 19.2 Å². The Bertz CT molecular complexity index is 898. The number of nitrogens with one attached hydrogen (secondary N) is 1. The predicted molar refractivity (Wildman–Crippen MR) is 101 cm³/mol. The van der Waals surface area contributed by atoms with Gasteiger partial charge < -0.3 is 8.27 Å². The van der Waals surface area contributed by atoms with Gasteiger partial charge in [0.05, 0.1) is 41.2 Å². The summed E-state index contributed by atoms with van der Waals surface area (Å²) in [5.74, 6) is 0.210.